The van der Waals surface area contributed by atoms with Crippen molar-refractivity contribution in [2.45, 2.75) is 26.3 Å². The summed E-state index contributed by atoms with van der Waals surface area (Å²) in [6, 6.07) is -0.170. The maximum atomic E-state index is 11.6. The van der Waals surface area contributed by atoms with Gasteiger partial charge in [0.25, 0.3) is 0 Å². The van der Waals surface area contributed by atoms with Crippen LogP contribution in [0, 0.1) is 11.8 Å². The van der Waals surface area contributed by atoms with Crippen LogP contribution >= 0.6 is 0 Å². The van der Waals surface area contributed by atoms with E-state index in [1.54, 1.807) is 11.8 Å². The second-order valence-corrected chi connectivity index (χ2v) is 4.40. The van der Waals surface area contributed by atoms with Gasteiger partial charge in [0.2, 0.25) is 5.91 Å². The van der Waals surface area contributed by atoms with Crippen molar-refractivity contribution in [3.05, 3.63) is 0 Å². The van der Waals surface area contributed by atoms with Gasteiger partial charge in [-0.3, -0.25) is 9.59 Å². The first kappa shape index (κ1) is 12.0. The number of hydrogen-bond donors (Lipinski definition) is 2. The highest BCUT2D eigenvalue weighted by Gasteiger charge is 2.36. The smallest absolute Gasteiger partial charge is 0.308 e. The van der Waals surface area contributed by atoms with Gasteiger partial charge in [-0.1, -0.05) is 6.92 Å². The van der Waals surface area contributed by atoms with E-state index in [1.165, 1.54) is 0 Å². The lowest BCUT2D eigenvalue weighted by molar-refractivity contribution is -0.142. The van der Waals surface area contributed by atoms with E-state index < -0.39 is 11.9 Å². The Bertz CT molecular complexity index is 265. The number of carbonyl (C=O) groups excluding carboxylic acids is 1. The number of carbonyl (C=O) groups is 2. The number of carboxylic acid groups (broad SMARTS) is 1. The van der Waals surface area contributed by atoms with Gasteiger partial charge in [-0.15, -0.1) is 0 Å². The summed E-state index contributed by atoms with van der Waals surface area (Å²) in [5.41, 5.74) is 5.53. The first-order valence-corrected chi connectivity index (χ1v) is 5.18. The van der Waals surface area contributed by atoms with E-state index in [-0.39, 0.29) is 17.9 Å². The molecule has 1 amide bonds. The molecule has 86 valence electrons. The fourth-order valence-electron chi connectivity index (χ4n) is 1.90. The number of nitrogens with zero attached hydrogens (tertiary/aromatic N) is 1. The molecule has 1 aliphatic rings. The van der Waals surface area contributed by atoms with E-state index in [0.717, 1.165) is 0 Å². The van der Waals surface area contributed by atoms with Gasteiger partial charge in [-0.25, -0.2) is 0 Å². The standard InChI is InChI=1S/C10H18N2O3/c1-6-4-12(5-8(6)10(14)15)9(13)3-7(2)11/h6-8H,3-5,11H2,1-2H3,(H,14,15). The van der Waals surface area contributed by atoms with Crippen molar-refractivity contribution in [1.82, 2.24) is 4.90 Å². The number of rotatable bonds is 3. The molecule has 0 aromatic heterocycles. The molecule has 15 heavy (non-hydrogen) atoms. The Labute approximate surface area is 89.2 Å². The van der Waals surface area contributed by atoms with E-state index in [4.69, 9.17) is 10.8 Å². The summed E-state index contributed by atoms with van der Waals surface area (Å²) >= 11 is 0. The van der Waals surface area contributed by atoms with Gasteiger partial charge in [0.1, 0.15) is 0 Å². The van der Waals surface area contributed by atoms with E-state index in [0.29, 0.717) is 19.5 Å². The predicted molar refractivity (Wildman–Crippen MR) is 55.1 cm³/mol. The first-order valence-electron chi connectivity index (χ1n) is 5.18. The van der Waals surface area contributed by atoms with E-state index in [1.807, 2.05) is 6.92 Å². The highest BCUT2D eigenvalue weighted by molar-refractivity contribution is 5.79. The van der Waals surface area contributed by atoms with E-state index in [9.17, 15) is 9.59 Å². The third-order valence-corrected chi connectivity index (χ3v) is 2.78. The monoisotopic (exact) mass is 214 g/mol. The molecule has 1 rings (SSSR count). The zero-order chi connectivity index (χ0) is 11.6. The van der Waals surface area contributed by atoms with Crippen molar-refractivity contribution in [3.8, 4) is 0 Å². The quantitative estimate of drug-likeness (QED) is 0.687. The summed E-state index contributed by atoms with van der Waals surface area (Å²) in [5.74, 6) is -1.26. The van der Waals surface area contributed by atoms with Gasteiger partial charge in [0.15, 0.2) is 0 Å². The zero-order valence-corrected chi connectivity index (χ0v) is 9.14. The minimum absolute atomic E-state index is 0.0273. The van der Waals surface area contributed by atoms with Crippen LogP contribution in [0.1, 0.15) is 20.3 Å². The van der Waals surface area contributed by atoms with Crippen LogP contribution in [0.4, 0.5) is 0 Å². The Morgan fingerprint density at radius 1 is 1.53 bits per heavy atom. The summed E-state index contributed by atoms with van der Waals surface area (Å²) in [6.07, 6.45) is 0.291. The van der Waals surface area contributed by atoms with Gasteiger partial charge in [-0.05, 0) is 12.8 Å². The van der Waals surface area contributed by atoms with Crippen LogP contribution in [0.3, 0.4) is 0 Å². The molecule has 0 bridgehead atoms. The summed E-state index contributed by atoms with van der Waals surface area (Å²) in [4.78, 5) is 24.1. The average molecular weight is 214 g/mol. The van der Waals surface area contributed by atoms with Crippen molar-refractivity contribution in [2.24, 2.45) is 17.6 Å². The Hall–Kier alpha value is -1.10. The number of likely N-dealkylation sites (tertiary alicyclic amines) is 1. The van der Waals surface area contributed by atoms with Crippen LogP contribution in [0.5, 0.6) is 0 Å². The molecular formula is C10H18N2O3. The molecule has 0 spiro atoms. The maximum absolute atomic E-state index is 11.6. The summed E-state index contributed by atoms with van der Waals surface area (Å²) in [5, 5.41) is 8.90. The van der Waals surface area contributed by atoms with Crippen LogP contribution in [0.2, 0.25) is 0 Å². The molecule has 1 saturated heterocycles. The maximum Gasteiger partial charge on any atom is 0.308 e. The van der Waals surface area contributed by atoms with Gasteiger partial charge in [0, 0.05) is 25.6 Å². The zero-order valence-electron chi connectivity index (χ0n) is 9.14. The number of hydrogen-bond acceptors (Lipinski definition) is 3. The summed E-state index contributed by atoms with van der Waals surface area (Å²) in [6.45, 7) is 4.48. The Morgan fingerprint density at radius 2 is 2.13 bits per heavy atom. The molecular weight excluding hydrogens is 196 g/mol. The van der Waals surface area contributed by atoms with Crippen LogP contribution in [-0.2, 0) is 9.59 Å². The molecule has 1 heterocycles. The van der Waals surface area contributed by atoms with Gasteiger partial charge in [-0.2, -0.15) is 0 Å². The molecule has 0 aromatic carbocycles. The Kier molecular flexibility index (Phi) is 3.68. The van der Waals surface area contributed by atoms with Gasteiger partial charge in [0.05, 0.1) is 5.92 Å². The van der Waals surface area contributed by atoms with Crippen molar-refractivity contribution in [1.29, 1.82) is 0 Å². The molecule has 1 fully saturated rings. The van der Waals surface area contributed by atoms with E-state index in [2.05, 4.69) is 0 Å². The largest absolute Gasteiger partial charge is 0.481 e. The molecule has 0 saturated carbocycles. The van der Waals surface area contributed by atoms with E-state index >= 15 is 0 Å². The lowest BCUT2D eigenvalue weighted by atomic mass is 9.99. The second-order valence-electron chi connectivity index (χ2n) is 4.40. The van der Waals surface area contributed by atoms with Crippen molar-refractivity contribution in [3.63, 3.8) is 0 Å². The van der Waals surface area contributed by atoms with Gasteiger partial charge < -0.3 is 15.7 Å². The fraction of sp³-hybridized carbons (Fsp3) is 0.800. The molecule has 0 aromatic rings. The summed E-state index contributed by atoms with van der Waals surface area (Å²) in [7, 11) is 0. The number of nitrogens with two attached hydrogens (primary N) is 1. The average Bonchev–Trinajstić information content (AvgIpc) is 2.46. The van der Waals surface area contributed by atoms with Crippen molar-refractivity contribution >= 4 is 11.9 Å². The molecule has 1 aliphatic heterocycles. The van der Waals surface area contributed by atoms with Crippen molar-refractivity contribution in [2.75, 3.05) is 13.1 Å². The molecule has 5 nitrogen and oxygen atoms in total. The molecule has 0 radical (unpaired) electrons. The van der Waals surface area contributed by atoms with Crippen LogP contribution in [0.25, 0.3) is 0 Å². The topological polar surface area (TPSA) is 83.6 Å². The fourth-order valence-corrected chi connectivity index (χ4v) is 1.90. The number of amides is 1. The first-order chi connectivity index (χ1) is 6.91. The summed E-state index contributed by atoms with van der Waals surface area (Å²) < 4.78 is 0. The highest BCUT2D eigenvalue weighted by atomic mass is 16.4. The predicted octanol–water partition coefficient (Wildman–Crippen LogP) is -0.0972. The Morgan fingerprint density at radius 3 is 2.53 bits per heavy atom. The molecule has 3 unspecified atom stereocenters. The minimum Gasteiger partial charge on any atom is -0.481 e. The normalized spacial score (nSPS) is 27.8. The number of aliphatic carboxylic acids is 1. The van der Waals surface area contributed by atoms with Crippen molar-refractivity contribution < 1.29 is 14.7 Å². The molecule has 3 N–H and O–H groups in total. The van der Waals surface area contributed by atoms with Gasteiger partial charge >= 0.3 is 5.97 Å². The van der Waals surface area contributed by atoms with Crippen LogP contribution in [0.15, 0.2) is 0 Å². The van der Waals surface area contributed by atoms with Crippen LogP contribution in [-0.4, -0.2) is 41.0 Å². The molecule has 3 atom stereocenters. The van der Waals surface area contributed by atoms with Crippen LogP contribution < -0.4 is 5.73 Å². The molecule has 0 aliphatic carbocycles. The second kappa shape index (κ2) is 4.61. The third kappa shape index (κ3) is 2.92. The third-order valence-electron chi connectivity index (χ3n) is 2.78. The molecule has 5 heteroatoms. The lowest BCUT2D eigenvalue weighted by Gasteiger charge is -2.16. The SMILES string of the molecule is CC(N)CC(=O)N1CC(C)C(C(=O)O)C1. The highest BCUT2D eigenvalue weighted by Crippen LogP contribution is 2.23. The Balaban J connectivity index is 2.54. The number of carboxylic acids is 1. The minimum atomic E-state index is -0.821. The lowest BCUT2D eigenvalue weighted by Crippen LogP contribution is -2.33.